The predicted octanol–water partition coefficient (Wildman–Crippen LogP) is 4.64. The van der Waals surface area contributed by atoms with Gasteiger partial charge in [-0.1, -0.05) is 61.9 Å². The zero-order chi connectivity index (χ0) is 22.5. The highest BCUT2D eigenvalue weighted by atomic mass is 32.2. The number of benzene rings is 2. The number of imide groups is 1. The Hall–Kier alpha value is -3.32. The first kappa shape index (κ1) is 21.9. The van der Waals surface area contributed by atoms with Crippen LogP contribution in [0.15, 0.2) is 65.7 Å². The molecule has 0 unspecified atom stereocenters. The third-order valence-corrected chi connectivity index (χ3v) is 6.24. The topological polar surface area (TPSA) is 71.4 Å². The van der Waals surface area contributed by atoms with Crippen molar-refractivity contribution in [1.29, 1.82) is 0 Å². The highest BCUT2D eigenvalue weighted by molar-refractivity contribution is 8.18. The summed E-state index contributed by atoms with van der Waals surface area (Å²) in [6.07, 6.45) is 5.58. The summed E-state index contributed by atoms with van der Waals surface area (Å²) >= 11 is 0.878. The van der Waals surface area contributed by atoms with E-state index in [2.05, 4.69) is 22.0 Å². The molecule has 3 aromatic rings. The first-order valence-corrected chi connectivity index (χ1v) is 11.5. The summed E-state index contributed by atoms with van der Waals surface area (Å²) in [6, 6.07) is 18.2. The van der Waals surface area contributed by atoms with Crippen molar-refractivity contribution in [2.45, 2.75) is 26.3 Å². The van der Waals surface area contributed by atoms with Gasteiger partial charge in [0.05, 0.1) is 4.91 Å². The summed E-state index contributed by atoms with van der Waals surface area (Å²) in [5.74, 6) is -0.744. The van der Waals surface area contributed by atoms with Crippen LogP contribution < -0.4 is 5.32 Å². The summed E-state index contributed by atoms with van der Waals surface area (Å²) in [4.78, 5) is 38.7. The fourth-order valence-corrected chi connectivity index (χ4v) is 4.51. The van der Waals surface area contributed by atoms with E-state index in [9.17, 15) is 14.4 Å². The number of aromatic nitrogens is 1. The molecule has 7 heteroatoms. The number of nitrogens with zero attached hydrogens (tertiary/aromatic N) is 2. The van der Waals surface area contributed by atoms with Gasteiger partial charge in [0.2, 0.25) is 5.91 Å². The SMILES string of the molecule is CCCCNC(=O)CN1C(=O)S/C(=C\c2cn(Cc3ccccc3)c3ccccc23)C1=O. The van der Waals surface area contributed by atoms with Gasteiger partial charge in [0.1, 0.15) is 6.54 Å². The van der Waals surface area contributed by atoms with Crippen LogP contribution in [0, 0.1) is 0 Å². The van der Waals surface area contributed by atoms with Crippen LogP contribution in [0.2, 0.25) is 0 Å². The van der Waals surface area contributed by atoms with Gasteiger partial charge in [0.15, 0.2) is 0 Å². The molecule has 3 amide bonds. The largest absolute Gasteiger partial charge is 0.355 e. The minimum atomic E-state index is -0.425. The second kappa shape index (κ2) is 9.87. The molecule has 2 aromatic carbocycles. The van der Waals surface area contributed by atoms with E-state index in [0.29, 0.717) is 18.0 Å². The van der Waals surface area contributed by atoms with Crippen molar-refractivity contribution in [2.24, 2.45) is 0 Å². The Morgan fingerprint density at radius 1 is 1.06 bits per heavy atom. The summed E-state index contributed by atoms with van der Waals surface area (Å²) in [6.45, 7) is 3.03. The van der Waals surface area contributed by atoms with Crippen LogP contribution in [0.4, 0.5) is 4.79 Å². The lowest BCUT2D eigenvalue weighted by Gasteiger charge is -2.12. The average molecular weight is 448 g/mol. The molecule has 164 valence electrons. The van der Waals surface area contributed by atoms with Crippen LogP contribution in [0.25, 0.3) is 17.0 Å². The van der Waals surface area contributed by atoms with Gasteiger partial charge in [-0.25, -0.2) is 0 Å². The molecule has 0 atom stereocenters. The molecule has 1 aliphatic heterocycles. The van der Waals surface area contributed by atoms with Crippen molar-refractivity contribution < 1.29 is 14.4 Å². The van der Waals surface area contributed by atoms with Crippen LogP contribution in [0.1, 0.15) is 30.9 Å². The van der Waals surface area contributed by atoms with Crippen LogP contribution >= 0.6 is 11.8 Å². The van der Waals surface area contributed by atoms with Crippen molar-refractivity contribution in [3.8, 4) is 0 Å². The van der Waals surface area contributed by atoms with Gasteiger partial charge < -0.3 is 9.88 Å². The van der Waals surface area contributed by atoms with E-state index >= 15 is 0 Å². The molecule has 4 rings (SSSR count). The molecular formula is C25H25N3O3S. The fraction of sp³-hybridized carbons (Fsp3) is 0.240. The van der Waals surface area contributed by atoms with E-state index < -0.39 is 11.1 Å². The number of para-hydroxylation sites is 1. The molecule has 1 fully saturated rings. The second-order valence-corrected chi connectivity index (χ2v) is 8.68. The minimum absolute atomic E-state index is 0.249. The van der Waals surface area contributed by atoms with E-state index in [1.165, 1.54) is 5.56 Å². The maximum absolute atomic E-state index is 12.8. The normalized spacial score (nSPS) is 15.2. The smallest absolute Gasteiger partial charge is 0.294 e. The van der Waals surface area contributed by atoms with Crippen LogP contribution in [0.3, 0.4) is 0 Å². The summed E-state index contributed by atoms with van der Waals surface area (Å²) < 4.78 is 2.14. The van der Waals surface area contributed by atoms with Crippen molar-refractivity contribution in [2.75, 3.05) is 13.1 Å². The molecule has 0 radical (unpaired) electrons. The molecule has 1 aromatic heterocycles. The standard InChI is InChI=1S/C25H25N3O3S/c1-2-3-13-26-23(29)17-28-24(30)22(32-25(28)31)14-19-16-27(15-18-9-5-4-6-10-18)21-12-8-7-11-20(19)21/h4-12,14,16H,2-3,13,15,17H2,1H3,(H,26,29)/b22-14-. The number of carbonyl (C=O) groups excluding carboxylic acids is 3. The monoisotopic (exact) mass is 447 g/mol. The maximum atomic E-state index is 12.8. The Bertz CT molecular complexity index is 1180. The zero-order valence-corrected chi connectivity index (χ0v) is 18.7. The Kier molecular flexibility index (Phi) is 6.75. The first-order valence-electron chi connectivity index (χ1n) is 10.7. The molecule has 1 aliphatic rings. The number of amides is 3. The van der Waals surface area contributed by atoms with E-state index in [1.807, 2.05) is 55.6 Å². The maximum Gasteiger partial charge on any atom is 0.294 e. The van der Waals surface area contributed by atoms with E-state index in [-0.39, 0.29) is 12.5 Å². The van der Waals surface area contributed by atoms with Crippen LogP contribution in [-0.4, -0.2) is 39.6 Å². The summed E-state index contributed by atoms with van der Waals surface area (Å²) in [5, 5.41) is 3.34. The zero-order valence-electron chi connectivity index (χ0n) is 17.9. The van der Waals surface area contributed by atoms with Crippen molar-refractivity contribution in [3.63, 3.8) is 0 Å². The number of fused-ring (bicyclic) bond motifs is 1. The number of nitrogens with one attached hydrogen (secondary N) is 1. The van der Waals surface area contributed by atoms with Gasteiger partial charge >= 0.3 is 0 Å². The Morgan fingerprint density at radius 3 is 2.59 bits per heavy atom. The summed E-state index contributed by atoms with van der Waals surface area (Å²) in [7, 11) is 0. The number of hydrogen-bond donors (Lipinski definition) is 1. The van der Waals surface area contributed by atoms with Crippen molar-refractivity contribution in [3.05, 3.63) is 76.8 Å². The van der Waals surface area contributed by atoms with Crippen molar-refractivity contribution in [1.82, 2.24) is 14.8 Å². The molecule has 1 saturated heterocycles. The van der Waals surface area contributed by atoms with Crippen LogP contribution in [-0.2, 0) is 16.1 Å². The molecule has 32 heavy (non-hydrogen) atoms. The Labute approximate surface area is 191 Å². The predicted molar refractivity (Wildman–Crippen MR) is 128 cm³/mol. The lowest BCUT2D eigenvalue weighted by molar-refractivity contribution is -0.129. The van der Waals surface area contributed by atoms with Gasteiger partial charge in [-0.15, -0.1) is 0 Å². The van der Waals surface area contributed by atoms with Gasteiger partial charge in [-0.3, -0.25) is 19.3 Å². The Balaban J connectivity index is 1.57. The molecule has 0 spiro atoms. The molecular weight excluding hydrogens is 422 g/mol. The van der Waals surface area contributed by atoms with Gasteiger partial charge in [0, 0.05) is 35.8 Å². The Morgan fingerprint density at radius 2 is 1.81 bits per heavy atom. The van der Waals surface area contributed by atoms with Gasteiger partial charge in [-0.2, -0.15) is 0 Å². The molecule has 6 nitrogen and oxygen atoms in total. The lowest BCUT2D eigenvalue weighted by atomic mass is 10.1. The lowest BCUT2D eigenvalue weighted by Crippen LogP contribution is -2.39. The van der Waals surface area contributed by atoms with Crippen LogP contribution in [0.5, 0.6) is 0 Å². The van der Waals surface area contributed by atoms with E-state index in [1.54, 1.807) is 6.08 Å². The minimum Gasteiger partial charge on any atom is -0.355 e. The summed E-state index contributed by atoms with van der Waals surface area (Å²) in [5.41, 5.74) is 3.10. The number of rotatable bonds is 8. The highest BCUT2D eigenvalue weighted by Gasteiger charge is 2.36. The van der Waals surface area contributed by atoms with Crippen molar-refractivity contribution >= 4 is 45.8 Å². The number of hydrogen-bond acceptors (Lipinski definition) is 4. The van der Waals surface area contributed by atoms with E-state index in [0.717, 1.165) is 46.0 Å². The number of thioether (sulfide) groups is 1. The van der Waals surface area contributed by atoms with Gasteiger partial charge in [0.25, 0.3) is 11.1 Å². The third kappa shape index (κ3) is 4.78. The first-order chi connectivity index (χ1) is 15.6. The third-order valence-electron chi connectivity index (χ3n) is 5.33. The fourth-order valence-electron chi connectivity index (χ4n) is 3.68. The highest BCUT2D eigenvalue weighted by Crippen LogP contribution is 2.34. The molecule has 0 bridgehead atoms. The van der Waals surface area contributed by atoms with E-state index in [4.69, 9.17) is 0 Å². The second-order valence-electron chi connectivity index (χ2n) is 7.69. The molecule has 1 N–H and O–H groups in total. The molecule has 2 heterocycles. The molecule has 0 aliphatic carbocycles. The number of unbranched alkanes of at least 4 members (excludes halogenated alkanes) is 1. The quantitative estimate of drug-likeness (QED) is 0.403. The average Bonchev–Trinajstić information content (AvgIpc) is 3.27. The molecule has 0 saturated carbocycles. The number of carbonyl (C=O) groups is 3. The van der Waals surface area contributed by atoms with Gasteiger partial charge in [-0.05, 0) is 35.9 Å².